The average molecular weight is 685 g/mol. The second-order valence-corrected chi connectivity index (χ2v) is 14.4. The van der Waals surface area contributed by atoms with Crippen LogP contribution in [0, 0.1) is 5.92 Å². The maximum absolute atomic E-state index is 12.1. The van der Waals surface area contributed by atoms with Crippen LogP contribution in [0.25, 0.3) is 11.3 Å². The number of piperazine rings is 1. The van der Waals surface area contributed by atoms with Gasteiger partial charge in [-0.2, -0.15) is 0 Å². The molecule has 5 heterocycles. The normalized spacial score (nSPS) is 18.5. The monoisotopic (exact) mass is 683 g/mol. The average Bonchev–Trinajstić information content (AvgIpc) is 2.99. The first-order chi connectivity index (χ1) is 22.6. The van der Waals surface area contributed by atoms with Crippen molar-refractivity contribution in [2.75, 3.05) is 63.9 Å². The molecule has 2 aromatic heterocycles. The number of hydrogen-bond donors (Lipinski definition) is 1. The number of ether oxygens (including phenoxy) is 3. The molecule has 3 aliphatic heterocycles. The lowest BCUT2D eigenvalue weighted by Gasteiger charge is -2.42. The number of nitrogens with one attached hydrogen (secondary N) is 1. The molecule has 0 saturated carbocycles. The maximum Gasteiger partial charge on any atom is 0.407 e. The third-order valence-electron chi connectivity index (χ3n) is 8.64. The molecule has 1 amide bonds. The number of nitrogens with zero attached hydrogens (tertiary/aromatic N) is 6. The molecule has 11 nitrogen and oxygen atoms in total. The van der Waals surface area contributed by atoms with Crippen molar-refractivity contribution in [1.29, 1.82) is 0 Å². The third-order valence-corrected chi connectivity index (χ3v) is 9.07. The van der Waals surface area contributed by atoms with Gasteiger partial charge in [-0.25, -0.2) is 19.7 Å². The summed E-state index contributed by atoms with van der Waals surface area (Å²) in [4.78, 5) is 33.2. The van der Waals surface area contributed by atoms with E-state index in [0.29, 0.717) is 51.8 Å². The van der Waals surface area contributed by atoms with Gasteiger partial charge in [-0.3, -0.25) is 9.80 Å². The van der Waals surface area contributed by atoms with Crippen molar-refractivity contribution in [2.24, 2.45) is 5.92 Å². The minimum atomic E-state index is -0.506. The van der Waals surface area contributed by atoms with Gasteiger partial charge in [0.25, 0.3) is 0 Å². The van der Waals surface area contributed by atoms with Crippen molar-refractivity contribution >= 4 is 35.2 Å². The van der Waals surface area contributed by atoms with Crippen LogP contribution in [-0.4, -0.2) is 102 Å². The highest BCUT2D eigenvalue weighted by molar-refractivity contribution is 6.35. The van der Waals surface area contributed by atoms with Gasteiger partial charge < -0.3 is 24.4 Å². The number of piperidine rings is 1. The highest BCUT2D eigenvalue weighted by Crippen LogP contribution is 2.31. The number of halogens is 2. The Morgan fingerprint density at radius 1 is 0.957 bits per heavy atom. The van der Waals surface area contributed by atoms with Crippen LogP contribution < -0.4 is 15.0 Å². The number of amides is 1. The molecule has 13 heteroatoms. The summed E-state index contributed by atoms with van der Waals surface area (Å²) in [6.45, 7) is 14.1. The Morgan fingerprint density at radius 2 is 1.64 bits per heavy atom. The lowest BCUT2D eigenvalue weighted by atomic mass is 9.96. The number of rotatable bonds is 9. The van der Waals surface area contributed by atoms with E-state index in [0.717, 1.165) is 83.0 Å². The number of pyridine rings is 1. The van der Waals surface area contributed by atoms with Crippen molar-refractivity contribution < 1.29 is 19.0 Å². The van der Waals surface area contributed by atoms with Gasteiger partial charge in [0.15, 0.2) is 5.75 Å². The van der Waals surface area contributed by atoms with Crippen LogP contribution in [0.1, 0.15) is 39.2 Å². The number of likely N-dealkylation sites (tertiary alicyclic amines) is 1. The highest BCUT2D eigenvalue weighted by Gasteiger charge is 2.29. The zero-order valence-corrected chi connectivity index (χ0v) is 28.8. The first kappa shape index (κ1) is 33.7. The summed E-state index contributed by atoms with van der Waals surface area (Å²) in [6, 6.07) is 9.97. The molecule has 3 aliphatic rings. The minimum absolute atomic E-state index is 0.365. The van der Waals surface area contributed by atoms with Gasteiger partial charge in [-0.05, 0) is 82.4 Å². The summed E-state index contributed by atoms with van der Waals surface area (Å²) < 4.78 is 17.0. The van der Waals surface area contributed by atoms with Gasteiger partial charge in [-0.1, -0.05) is 23.2 Å². The van der Waals surface area contributed by atoms with Crippen LogP contribution in [0.2, 0.25) is 10.0 Å². The topological polar surface area (TPSA) is 105 Å². The van der Waals surface area contributed by atoms with E-state index in [2.05, 4.69) is 36.1 Å². The molecule has 47 heavy (non-hydrogen) atoms. The smallest absolute Gasteiger partial charge is 0.407 e. The standard InChI is InChI=1S/C34H43Cl2N7O4/c1-34(2,3)47-33(44)39-17-23-4-6-41(7-5-23)20-24-12-30(25-14-26(35)16-27(36)15-25)40-31(13-24)46-29-18-37-32(38-19-29)43-10-8-42(9-11-43)28-21-45-22-28/h12-16,18-19,23,28H,4-11,17,20-22H2,1-3H3,(H,39,44). The first-order valence-corrected chi connectivity index (χ1v) is 17.1. The van der Waals surface area contributed by atoms with Gasteiger partial charge in [0.05, 0.1) is 37.3 Å². The molecule has 3 fully saturated rings. The predicted octanol–water partition coefficient (Wildman–Crippen LogP) is 5.90. The summed E-state index contributed by atoms with van der Waals surface area (Å²) in [7, 11) is 0. The lowest BCUT2D eigenvalue weighted by molar-refractivity contribution is -0.0661. The zero-order chi connectivity index (χ0) is 33.0. The van der Waals surface area contributed by atoms with E-state index >= 15 is 0 Å². The number of benzene rings is 1. The third kappa shape index (κ3) is 9.45. The second-order valence-electron chi connectivity index (χ2n) is 13.5. The number of carbonyl (C=O) groups is 1. The number of alkyl carbamates (subject to hydrolysis) is 1. The molecule has 0 spiro atoms. The van der Waals surface area contributed by atoms with Crippen LogP contribution in [0.3, 0.4) is 0 Å². The fraction of sp³-hybridized carbons (Fsp3) is 0.529. The van der Waals surface area contributed by atoms with Gasteiger partial charge in [0, 0.05) is 60.9 Å². The molecule has 3 saturated heterocycles. The fourth-order valence-corrected chi connectivity index (χ4v) is 6.59. The maximum atomic E-state index is 12.1. The summed E-state index contributed by atoms with van der Waals surface area (Å²) in [5.74, 6) is 2.06. The Bertz CT molecular complexity index is 1500. The lowest BCUT2D eigenvalue weighted by Crippen LogP contribution is -2.56. The van der Waals surface area contributed by atoms with Crippen LogP contribution in [0.4, 0.5) is 10.7 Å². The van der Waals surface area contributed by atoms with Gasteiger partial charge in [0.1, 0.15) is 5.60 Å². The molecule has 1 aromatic carbocycles. The Kier molecular flexibility index (Phi) is 10.7. The predicted molar refractivity (Wildman–Crippen MR) is 182 cm³/mol. The van der Waals surface area contributed by atoms with E-state index in [1.807, 2.05) is 39.0 Å². The van der Waals surface area contributed by atoms with Crippen LogP contribution in [0.5, 0.6) is 11.6 Å². The minimum Gasteiger partial charge on any atom is -0.444 e. The van der Waals surface area contributed by atoms with Crippen molar-refractivity contribution in [3.8, 4) is 22.9 Å². The molecule has 0 bridgehead atoms. The molecule has 252 valence electrons. The Balaban J connectivity index is 1.10. The van der Waals surface area contributed by atoms with E-state index in [9.17, 15) is 4.79 Å². The van der Waals surface area contributed by atoms with Gasteiger partial charge in [0.2, 0.25) is 11.8 Å². The largest absolute Gasteiger partial charge is 0.444 e. The van der Waals surface area contributed by atoms with E-state index in [1.165, 1.54) is 0 Å². The van der Waals surface area contributed by atoms with Gasteiger partial charge in [-0.15, -0.1) is 0 Å². The summed E-state index contributed by atoms with van der Waals surface area (Å²) in [5.41, 5.74) is 2.07. The fourth-order valence-electron chi connectivity index (χ4n) is 6.07. The van der Waals surface area contributed by atoms with Crippen molar-refractivity contribution in [3.05, 3.63) is 58.3 Å². The number of aromatic nitrogens is 3. The molecule has 6 rings (SSSR count). The number of carbonyl (C=O) groups excluding carboxylic acids is 1. The SMILES string of the molecule is CC(C)(C)OC(=O)NCC1CCN(Cc2cc(Oc3cnc(N4CCN(C5COC5)CC4)nc3)nc(-c3cc(Cl)cc(Cl)c3)c2)CC1. The zero-order valence-electron chi connectivity index (χ0n) is 27.3. The van der Waals surface area contributed by atoms with Crippen molar-refractivity contribution in [2.45, 2.75) is 51.8 Å². The van der Waals surface area contributed by atoms with E-state index in [-0.39, 0.29) is 6.09 Å². The molecule has 0 radical (unpaired) electrons. The molecule has 0 aliphatic carbocycles. The first-order valence-electron chi connectivity index (χ1n) is 16.3. The Labute approximate surface area is 286 Å². The molecule has 0 atom stereocenters. The Morgan fingerprint density at radius 3 is 2.26 bits per heavy atom. The quantitative estimate of drug-likeness (QED) is 0.293. The van der Waals surface area contributed by atoms with Crippen LogP contribution >= 0.6 is 23.2 Å². The van der Waals surface area contributed by atoms with Gasteiger partial charge >= 0.3 is 6.09 Å². The molecular formula is C34H43Cl2N7O4. The summed E-state index contributed by atoms with van der Waals surface area (Å²) >= 11 is 12.7. The van der Waals surface area contributed by atoms with E-state index < -0.39 is 5.60 Å². The number of hydrogen-bond acceptors (Lipinski definition) is 10. The summed E-state index contributed by atoms with van der Waals surface area (Å²) in [5, 5.41) is 4.00. The van der Waals surface area contributed by atoms with Crippen molar-refractivity contribution in [3.63, 3.8) is 0 Å². The van der Waals surface area contributed by atoms with E-state index in [4.69, 9.17) is 42.4 Å². The summed E-state index contributed by atoms with van der Waals surface area (Å²) in [6.07, 6.45) is 5.00. The number of anilines is 1. The molecule has 3 aromatic rings. The Hall–Kier alpha value is -3.22. The van der Waals surface area contributed by atoms with Crippen LogP contribution in [0.15, 0.2) is 42.7 Å². The van der Waals surface area contributed by atoms with Crippen LogP contribution in [-0.2, 0) is 16.0 Å². The van der Waals surface area contributed by atoms with Crippen molar-refractivity contribution in [1.82, 2.24) is 30.1 Å². The molecule has 1 N–H and O–H groups in total. The highest BCUT2D eigenvalue weighted by atomic mass is 35.5. The second kappa shape index (κ2) is 14.9. The molecular weight excluding hydrogens is 641 g/mol. The molecule has 0 unspecified atom stereocenters. The van der Waals surface area contributed by atoms with E-state index in [1.54, 1.807) is 18.5 Å².